The predicted octanol–water partition coefficient (Wildman–Crippen LogP) is 2.28. The summed E-state index contributed by atoms with van der Waals surface area (Å²) in [7, 11) is 0. The van der Waals surface area contributed by atoms with Crippen molar-refractivity contribution in [2.24, 2.45) is 5.92 Å². The van der Waals surface area contributed by atoms with E-state index in [9.17, 15) is 9.59 Å². The summed E-state index contributed by atoms with van der Waals surface area (Å²) in [6, 6.07) is 9.83. The van der Waals surface area contributed by atoms with Crippen molar-refractivity contribution in [1.29, 1.82) is 0 Å². The molecule has 3 aromatic rings. The smallest absolute Gasteiger partial charge is 0.293 e. The molecule has 7 heteroatoms. The van der Waals surface area contributed by atoms with Gasteiger partial charge in [-0.2, -0.15) is 10.2 Å². The highest BCUT2D eigenvalue weighted by atomic mass is 16.2. The van der Waals surface area contributed by atoms with E-state index in [1.54, 1.807) is 6.07 Å². The minimum absolute atomic E-state index is 0.0981. The summed E-state index contributed by atoms with van der Waals surface area (Å²) in [5.41, 5.74) is 2.95. The standard InChI is InChI=1S/C20H25N5O2/c1-4-15-5-7-16(8-6-15)17-11-18-20(27)24(22-13-25(18)23-17)12-19(26)21-10-9-14(2)3/h5-8,11,13-14H,4,9-10,12H2,1-3H3,(H,21,26). The van der Waals surface area contributed by atoms with Crippen molar-refractivity contribution < 1.29 is 4.79 Å². The molecular formula is C20H25N5O2. The van der Waals surface area contributed by atoms with Crippen molar-refractivity contribution in [3.63, 3.8) is 0 Å². The molecule has 0 saturated heterocycles. The summed E-state index contributed by atoms with van der Waals surface area (Å²) < 4.78 is 2.63. The molecule has 1 amide bonds. The van der Waals surface area contributed by atoms with Crippen LogP contribution >= 0.6 is 0 Å². The number of aromatic nitrogens is 4. The number of carbonyl (C=O) groups excluding carboxylic acids is 1. The lowest BCUT2D eigenvalue weighted by atomic mass is 10.1. The maximum absolute atomic E-state index is 12.7. The maximum atomic E-state index is 12.7. The first-order valence-corrected chi connectivity index (χ1v) is 9.29. The van der Waals surface area contributed by atoms with E-state index < -0.39 is 0 Å². The third kappa shape index (κ3) is 4.42. The monoisotopic (exact) mass is 367 g/mol. The van der Waals surface area contributed by atoms with E-state index in [2.05, 4.69) is 48.4 Å². The Morgan fingerprint density at radius 3 is 2.63 bits per heavy atom. The molecule has 0 radical (unpaired) electrons. The van der Waals surface area contributed by atoms with E-state index in [-0.39, 0.29) is 18.0 Å². The lowest BCUT2D eigenvalue weighted by Gasteiger charge is -2.08. The SMILES string of the molecule is CCc1ccc(-c2cc3c(=O)n(CC(=O)NCCC(C)C)ncn3n2)cc1. The molecule has 0 aliphatic heterocycles. The number of rotatable bonds is 7. The Morgan fingerprint density at radius 1 is 1.22 bits per heavy atom. The van der Waals surface area contributed by atoms with E-state index in [1.165, 1.54) is 21.1 Å². The molecule has 0 spiro atoms. The number of fused-ring (bicyclic) bond motifs is 1. The van der Waals surface area contributed by atoms with Crippen molar-refractivity contribution in [2.45, 2.75) is 40.2 Å². The van der Waals surface area contributed by atoms with Gasteiger partial charge in [0.2, 0.25) is 5.91 Å². The number of hydrogen-bond donors (Lipinski definition) is 1. The van der Waals surface area contributed by atoms with Crippen molar-refractivity contribution in [1.82, 2.24) is 24.7 Å². The molecule has 1 aromatic carbocycles. The molecule has 2 aromatic heterocycles. The van der Waals surface area contributed by atoms with Crippen LogP contribution in [0.2, 0.25) is 0 Å². The van der Waals surface area contributed by atoms with Gasteiger partial charge < -0.3 is 5.32 Å². The number of benzene rings is 1. The van der Waals surface area contributed by atoms with Crippen molar-refractivity contribution in [3.8, 4) is 11.3 Å². The van der Waals surface area contributed by atoms with Gasteiger partial charge in [-0.25, -0.2) is 9.20 Å². The van der Waals surface area contributed by atoms with Gasteiger partial charge in [-0.15, -0.1) is 0 Å². The third-order valence-electron chi connectivity index (χ3n) is 4.48. The summed E-state index contributed by atoms with van der Waals surface area (Å²) in [5, 5.41) is 11.3. The lowest BCUT2D eigenvalue weighted by Crippen LogP contribution is -2.34. The minimum Gasteiger partial charge on any atom is -0.354 e. The van der Waals surface area contributed by atoms with Crippen LogP contribution in [0.25, 0.3) is 16.8 Å². The Morgan fingerprint density at radius 2 is 1.96 bits per heavy atom. The van der Waals surface area contributed by atoms with Crippen LogP contribution < -0.4 is 10.9 Å². The largest absolute Gasteiger partial charge is 0.354 e. The van der Waals surface area contributed by atoms with Crippen LogP contribution in [0.4, 0.5) is 0 Å². The Bertz CT molecular complexity index is 986. The molecule has 2 heterocycles. The first kappa shape index (κ1) is 18.8. The zero-order valence-corrected chi connectivity index (χ0v) is 16.0. The fraction of sp³-hybridized carbons (Fsp3) is 0.400. The van der Waals surface area contributed by atoms with Gasteiger partial charge in [0.05, 0.1) is 5.69 Å². The highest BCUT2D eigenvalue weighted by molar-refractivity contribution is 5.75. The van der Waals surface area contributed by atoms with Crippen LogP contribution in [-0.4, -0.2) is 31.8 Å². The summed E-state index contributed by atoms with van der Waals surface area (Å²) in [6.45, 7) is 6.79. The Hall–Kier alpha value is -2.96. The van der Waals surface area contributed by atoms with Gasteiger partial charge in [0.15, 0.2) is 0 Å². The average Bonchev–Trinajstić information content (AvgIpc) is 3.09. The normalized spacial score (nSPS) is 11.3. The molecule has 0 atom stereocenters. The van der Waals surface area contributed by atoms with Crippen LogP contribution in [0.1, 0.15) is 32.8 Å². The first-order chi connectivity index (χ1) is 13.0. The number of aryl methyl sites for hydroxylation is 1. The van der Waals surface area contributed by atoms with Crippen molar-refractivity contribution in [3.05, 3.63) is 52.6 Å². The van der Waals surface area contributed by atoms with Crippen molar-refractivity contribution in [2.75, 3.05) is 6.54 Å². The predicted molar refractivity (Wildman–Crippen MR) is 105 cm³/mol. The molecule has 0 aliphatic rings. The molecule has 0 unspecified atom stereocenters. The van der Waals surface area contributed by atoms with Gasteiger partial charge in [0.25, 0.3) is 5.56 Å². The fourth-order valence-corrected chi connectivity index (χ4v) is 2.80. The summed E-state index contributed by atoms with van der Waals surface area (Å²) >= 11 is 0. The molecule has 0 aliphatic carbocycles. The van der Waals surface area contributed by atoms with Gasteiger partial charge in [-0.05, 0) is 30.4 Å². The zero-order chi connectivity index (χ0) is 19.4. The third-order valence-corrected chi connectivity index (χ3v) is 4.48. The van der Waals surface area contributed by atoms with Gasteiger partial charge in [0.1, 0.15) is 18.4 Å². The lowest BCUT2D eigenvalue weighted by molar-refractivity contribution is -0.121. The highest BCUT2D eigenvalue weighted by Gasteiger charge is 2.12. The minimum atomic E-state index is -0.333. The highest BCUT2D eigenvalue weighted by Crippen LogP contribution is 2.19. The number of nitrogens with zero attached hydrogens (tertiary/aromatic N) is 4. The van der Waals surface area contributed by atoms with Gasteiger partial charge in [0, 0.05) is 12.1 Å². The van der Waals surface area contributed by atoms with Crippen LogP contribution in [0.15, 0.2) is 41.5 Å². The zero-order valence-electron chi connectivity index (χ0n) is 16.0. The molecule has 0 saturated carbocycles. The Balaban J connectivity index is 1.80. The van der Waals surface area contributed by atoms with Crippen LogP contribution in [0, 0.1) is 5.92 Å². The number of nitrogens with one attached hydrogen (secondary N) is 1. The summed E-state index contributed by atoms with van der Waals surface area (Å²) in [5.74, 6) is 0.295. The van der Waals surface area contributed by atoms with Gasteiger partial charge in [-0.1, -0.05) is 45.0 Å². The second-order valence-corrected chi connectivity index (χ2v) is 7.04. The van der Waals surface area contributed by atoms with Crippen LogP contribution in [0.3, 0.4) is 0 Å². The van der Waals surface area contributed by atoms with E-state index in [0.29, 0.717) is 23.7 Å². The molecule has 142 valence electrons. The number of hydrogen-bond acceptors (Lipinski definition) is 4. The Labute approximate surface area is 158 Å². The molecule has 27 heavy (non-hydrogen) atoms. The number of carbonyl (C=O) groups is 1. The first-order valence-electron chi connectivity index (χ1n) is 9.29. The van der Waals surface area contributed by atoms with Crippen LogP contribution in [-0.2, 0) is 17.8 Å². The number of amides is 1. The van der Waals surface area contributed by atoms with E-state index in [4.69, 9.17) is 0 Å². The second kappa shape index (κ2) is 8.16. The molecule has 1 N–H and O–H groups in total. The molecular weight excluding hydrogens is 342 g/mol. The van der Waals surface area contributed by atoms with Gasteiger partial charge in [-0.3, -0.25) is 9.59 Å². The maximum Gasteiger partial charge on any atom is 0.293 e. The molecule has 3 rings (SSSR count). The van der Waals surface area contributed by atoms with E-state index in [0.717, 1.165) is 18.4 Å². The second-order valence-electron chi connectivity index (χ2n) is 7.04. The average molecular weight is 367 g/mol. The topological polar surface area (TPSA) is 81.3 Å². The fourth-order valence-electron chi connectivity index (χ4n) is 2.80. The summed E-state index contributed by atoms with van der Waals surface area (Å²) in [4.78, 5) is 24.7. The van der Waals surface area contributed by atoms with Gasteiger partial charge >= 0.3 is 0 Å². The van der Waals surface area contributed by atoms with E-state index in [1.807, 2.05) is 12.1 Å². The molecule has 0 fully saturated rings. The van der Waals surface area contributed by atoms with E-state index >= 15 is 0 Å². The van der Waals surface area contributed by atoms with Crippen LogP contribution in [0.5, 0.6) is 0 Å². The van der Waals surface area contributed by atoms with Crippen molar-refractivity contribution >= 4 is 11.4 Å². The molecule has 7 nitrogen and oxygen atoms in total. The summed E-state index contributed by atoms with van der Waals surface area (Å²) in [6.07, 6.45) is 3.33. The molecule has 0 bridgehead atoms. The Kier molecular flexibility index (Phi) is 5.69. The quantitative estimate of drug-likeness (QED) is 0.695.